The van der Waals surface area contributed by atoms with Gasteiger partial charge in [0.05, 0.1) is 11.0 Å². The molecule has 5 nitrogen and oxygen atoms in total. The molecular weight excluding hydrogens is 395 g/mol. The number of carbonyl (C=O) groups excluding carboxylic acids is 1. The number of hydrogen-bond acceptors (Lipinski definition) is 3. The van der Waals surface area contributed by atoms with Gasteiger partial charge in [-0.15, -0.1) is 0 Å². The van der Waals surface area contributed by atoms with E-state index >= 15 is 0 Å². The highest BCUT2D eigenvalue weighted by Gasteiger charge is 2.59. The molecule has 2 aromatic rings. The van der Waals surface area contributed by atoms with Gasteiger partial charge in [-0.3, -0.25) is 4.79 Å². The summed E-state index contributed by atoms with van der Waals surface area (Å²) in [5.41, 5.74) is 3.04. The molecule has 1 aromatic heterocycles. The molecule has 162 valence electrons. The summed E-state index contributed by atoms with van der Waals surface area (Å²) in [5, 5.41) is 0. The zero-order valence-electron chi connectivity index (χ0n) is 17.4. The van der Waals surface area contributed by atoms with Gasteiger partial charge in [0, 0.05) is 24.6 Å². The highest BCUT2D eigenvalue weighted by atomic mass is 19.4. The number of nitrogens with zero attached hydrogens (tertiary/aromatic N) is 2. The van der Waals surface area contributed by atoms with Crippen molar-refractivity contribution in [2.45, 2.75) is 70.2 Å². The van der Waals surface area contributed by atoms with Crippen molar-refractivity contribution in [3.05, 3.63) is 29.1 Å². The van der Waals surface area contributed by atoms with Gasteiger partial charge >= 0.3 is 12.1 Å². The fourth-order valence-corrected chi connectivity index (χ4v) is 5.79. The van der Waals surface area contributed by atoms with Crippen molar-refractivity contribution in [3.8, 4) is 0 Å². The Bertz CT molecular complexity index is 1020. The SMILES string of the molecule is CC1(C)[C@H]2Cc3cc4nc([C@@H]5CCCO5)[nH]c4cc3[C@]1(C)CCN2C(=O)C(F)(F)F. The minimum atomic E-state index is -4.85. The van der Waals surface area contributed by atoms with Crippen molar-refractivity contribution in [2.24, 2.45) is 5.41 Å². The number of rotatable bonds is 1. The molecule has 0 radical (unpaired) electrons. The van der Waals surface area contributed by atoms with Crippen molar-refractivity contribution in [1.82, 2.24) is 14.9 Å². The van der Waals surface area contributed by atoms with Crippen LogP contribution in [0.25, 0.3) is 11.0 Å². The molecule has 0 unspecified atom stereocenters. The van der Waals surface area contributed by atoms with Gasteiger partial charge in [-0.25, -0.2) is 4.98 Å². The van der Waals surface area contributed by atoms with Gasteiger partial charge < -0.3 is 14.6 Å². The van der Waals surface area contributed by atoms with Gasteiger partial charge in [0.2, 0.25) is 0 Å². The minimum Gasteiger partial charge on any atom is -0.370 e. The lowest BCUT2D eigenvalue weighted by atomic mass is 9.51. The van der Waals surface area contributed by atoms with Crippen molar-refractivity contribution in [3.63, 3.8) is 0 Å². The van der Waals surface area contributed by atoms with Crippen LogP contribution < -0.4 is 0 Å². The van der Waals surface area contributed by atoms with Crippen LogP contribution in [0.4, 0.5) is 13.2 Å². The number of aromatic nitrogens is 2. The first-order chi connectivity index (χ1) is 14.0. The molecule has 2 bridgehead atoms. The van der Waals surface area contributed by atoms with Crippen LogP contribution in [0.2, 0.25) is 0 Å². The predicted molar refractivity (Wildman–Crippen MR) is 105 cm³/mol. The molecule has 0 saturated carbocycles. The summed E-state index contributed by atoms with van der Waals surface area (Å²) < 4.78 is 45.5. The number of carbonyl (C=O) groups is 1. The summed E-state index contributed by atoms with van der Waals surface area (Å²) >= 11 is 0. The second kappa shape index (κ2) is 6.22. The number of piperidine rings is 1. The zero-order valence-corrected chi connectivity index (χ0v) is 17.4. The van der Waals surface area contributed by atoms with E-state index in [2.05, 4.69) is 18.0 Å². The summed E-state index contributed by atoms with van der Waals surface area (Å²) in [4.78, 5) is 21.3. The molecule has 30 heavy (non-hydrogen) atoms. The molecule has 1 amide bonds. The van der Waals surface area contributed by atoms with Gasteiger partial charge in [0.15, 0.2) is 0 Å². The highest BCUT2D eigenvalue weighted by molar-refractivity contribution is 5.83. The maximum absolute atomic E-state index is 13.2. The van der Waals surface area contributed by atoms with Crippen molar-refractivity contribution < 1.29 is 22.7 Å². The number of imidazole rings is 1. The largest absolute Gasteiger partial charge is 0.471 e. The topological polar surface area (TPSA) is 58.2 Å². The van der Waals surface area contributed by atoms with Gasteiger partial charge in [0.25, 0.3) is 0 Å². The van der Waals surface area contributed by atoms with E-state index in [-0.39, 0.29) is 18.1 Å². The Morgan fingerprint density at radius 2 is 2.07 bits per heavy atom. The Kier molecular flexibility index (Phi) is 4.11. The molecule has 0 spiro atoms. The van der Waals surface area contributed by atoms with Crippen LogP contribution in [0.15, 0.2) is 12.1 Å². The van der Waals surface area contributed by atoms with E-state index in [9.17, 15) is 18.0 Å². The van der Waals surface area contributed by atoms with Crippen molar-refractivity contribution in [2.75, 3.05) is 13.2 Å². The number of likely N-dealkylation sites (tertiary alicyclic amines) is 1. The Hall–Kier alpha value is -2.09. The van der Waals surface area contributed by atoms with Crippen LogP contribution in [0.1, 0.15) is 63.1 Å². The first-order valence-electron chi connectivity index (χ1n) is 10.5. The first-order valence-corrected chi connectivity index (χ1v) is 10.5. The number of nitrogens with one attached hydrogen (secondary N) is 1. The third kappa shape index (κ3) is 2.65. The van der Waals surface area contributed by atoms with Crippen molar-refractivity contribution >= 4 is 16.9 Å². The Morgan fingerprint density at radius 1 is 1.30 bits per heavy atom. The minimum absolute atomic E-state index is 0.0272. The lowest BCUT2D eigenvalue weighted by molar-refractivity contribution is -0.195. The summed E-state index contributed by atoms with van der Waals surface area (Å²) in [7, 11) is 0. The molecule has 8 heteroatoms. The van der Waals surface area contributed by atoms with Crippen LogP contribution in [0, 0.1) is 5.41 Å². The van der Waals surface area contributed by atoms with Gasteiger partial charge in [0.1, 0.15) is 11.9 Å². The molecule has 1 aliphatic carbocycles. The first kappa shape index (κ1) is 19.8. The molecule has 2 saturated heterocycles. The average molecular weight is 421 g/mol. The number of benzene rings is 1. The number of halogens is 3. The van der Waals surface area contributed by atoms with Crippen LogP contribution in [0.5, 0.6) is 0 Å². The van der Waals surface area contributed by atoms with E-state index in [1.165, 1.54) is 0 Å². The molecule has 2 fully saturated rings. The van der Waals surface area contributed by atoms with Gasteiger partial charge in [-0.2, -0.15) is 13.2 Å². The smallest absolute Gasteiger partial charge is 0.370 e. The number of fused-ring (bicyclic) bond motifs is 5. The summed E-state index contributed by atoms with van der Waals surface area (Å²) in [6.45, 7) is 6.95. The van der Waals surface area contributed by atoms with Gasteiger partial charge in [-0.1, -0.05) is 20.8 Å². The monoisotopic (exact) mass is 421 g/mol. The molecule has 1 N–H and O–H groups in total. The van der Waals surface area contributed by atoms with Gasteiger partial charge in [-0.05, 0) is 54.4 Å². The fraction of sp³-hybridized carbons (Fsp3) is 0.636. The molecular formula is C22H26F3N3O2. The Morgan fingerprint density at radius 3 is 2.73 bits per heavy atom. The number of aromatic amines is 1. The average Bonchev–Trinajstić information content (AvgIpc) is 3.31. The maximum atomic E-state index is 13.2. The molecule has 3 aliphatic rings. The zero-order chi connectivity index (χ0) is 21.5. The van der Waals surface area contributed by atoms with Crippen molar-refractivity contribution in [1.29, 1.82) is 0 Å². The second-order valence-electron chi connectivity index (χ2n) is 9.67. The third-order valence-electron chi connectivity index (χ3n) is 7.96. The van der Waals surface area contributed by atoms with E-state index in [0.717, 1.165) is 52.3 Å². The van der Waals surface area contributed by atoms with E-state index in [1.54, 1.807) is 0 Å². The fourth-order valence-electron chi connectivity index (χ4n) is 5.79. The molecule has 5 rings (SSSR count). The van der Waals surface area contributed by atoms with E-state index in [4.69, 9.17) is 9.72 Å². The molecule has 3 atom stereocenters. The Balaban J connectivity index is 1.60. The van der Waals surface area contributed by atoms with E-state index < -0.39 is 23.5 Å². The van der Waals surface area contributed by atoms with Crippen LogP contribution >= 0.6 is 0 Å². The normalized spacial score (nSPS) is 30.5. The summed E-state index contributed by atoms with van der Waals surface area (Å²) in [6.07, 6.45) is -2.05. The number of hydrogen-bond donors (Lipinski definition) is 1. The van der Waals surface area contributed by atoms with Crippen LogP contribution in [-0.2, 0) is 21.4 Å². The Labute approximate surface area is 173 Å². The van der Waals surface area contributed by atoms with Crippen LogP contribution in [0.3, 0.4) is 0 Å². The summed E-state index contributed by atoms with van der Waals surface area (Å²) in [6, 6.07) is 3.60. The maximum Gasteiger partial charge on any atom is 0.471 e. The molecule has 2 aliphatic heterocycles. The molecule has 1 aromatic carbocycles. The lowest BCUT2D eigenvalue weighted by Crippen LogP contribution is -2.66. The van der Waals surface area contributed by atoms with E-state index in [1.807, 2.05) is 19.9 Å². The lowest BCUT2D eigenvalue weighted by Gasteiger charge is -2.60. The third-order valence-corrected chi connectivity index (χ3v) is 7.96. The number of H-pyrrole nitrogens is 1. The quantitative estimate of drug-likeness (QED) is 0.742. The predicted octanol–water partition coefficient (Wildman–Crippen LogP) is 4.42. The van der Waals surface area contributed by atoms with E-state index in [0.29, 0.717) is 12.8 Å². The van der Waals surface area contributed by atoms with Crippen LogP contribution in [-0.4, -0.2) is 46.1 Å². The highest BCUT2D eigenvalue weighted by Crippen LogP contribution is 2.56. The standard InChI is InChI=1S/C22H26F3N3O2/c1-20(2)17-10-12-9-14-15(27-18(26-14)16-5-4-8-30-16)11-13(12)21(20,3)6-7-28(17)19(29)22(23,24)25/h9,11,16-17H,4-8,10H2,1-3H3,(H,26,27)/t16-,17+,21-/m0/s1. The summed E-state index contributed by atoms with van der Waals surface area (Å²) in [5.74, 6) is -0.918. The molecule has 3 heterocycles. The number of amides is 1. The second-order valence-corrected chi connectivity index (χ2v) is 9.67. The number of alkyl halides is 3. The number of ether oxygens (including phenoxy) is 1.